The largest absolute Gasteiger partial charge is 0.322 e. The summed E-state index contributed by atoms with van der Waals surface area (Å²) in [6.07, 6.45) is 2.11. The van der Waals surface area contributed by atoms with E-state index in [-0.39, 0.29) is 11.8 Å². The zero-order valence-electron chi connectivity index (χ0n) is 16.2. The fraction of sp³-hybridized carbons (Fsp3) is 0.381. The minimum absolute atomic E-state index is 0.136. The summed E-state index contributed by atoms with van der Waals surface area (Å²) in [6.45, 7) is 4.55. The van der Waals surface area contributed by atoms with Gasteiger partial charge in [-0.3, -0.25) is 0 Å². The number of benzene rings is 2. The average molecular weight is 420 g/mol. The maximum absolute atomic E-state index is 12.5. The molecule has 3 rings (SSSR count). The number of para-hydroxylation sites is 2. The van der Waals surface area contributed by atoms with Crippen LogP contribution in [0.4, 0.5) is 0 Å². The van der Waals surface area contributed by atoms with E-state index in [1.54, 1.807) is 0 Å². The molecule has 0 aliphatic carbocycles. The quantitative estimate of drug-likeness (QED) is 0.536. The Morgan fingerprint density at radius 3 is 2.50 bits per heavy atom. The highest BCUT2D eigenvalue weighted by Gasteiger charge is 2.23. The van der Waals surface area contributed by atoms with Gasteiger partial charge in [0.05, 0.1) is 22.8 Å². The van der Waals surface area contributed by atoms with Crippen LogP contribution in [0.1, 0.15) is 50.5 Å². The third-order valence-electron chi connectivity index (χ3n) is 4.75. The van der Waals surface area contributed by atoms with E-state index >= 15 is 0 Å². The molecule has 0 fully saturated rings. The molecule has 0 bridgehead atoms. The minimum atomic E-state index is -3.36. The Kier molecular flexibility index (Phi) is 6.75. The maximum Gasteiger partial charge on any atom is 0.212 e. The Morgan fingerprint density at radius 1 is 1.11 bits per heavy atom. The molecule has 1 heterocycles. The number of fused-ring (bicyclic) bond motifs is 1. The summed E-state index contributed by atoms with van der Waals surface area (Å²) in [5, 5.41) is 0.689. The number of sulfonamides is 1. The van der Waals surface area contributed by atoms with Crippen molar-refractivity contribution in [3.8, 4) is 0 Å². The molecule has 0 saturated heterocycles. The fourth-order valence-corrected chi connectivity index (χ4v) is 4.85. The number of aromatic nitrogens is 2. The number of imidazole rings is 1. The molecule has 150 valence electrons. The molecule has 1 aromatic heterocycles. The maximum atomic E-state index is 12.5. The summed E-state index contributed by atoms with van der Waals surface area (Å²) < 4.78 is 29.9. The van der Waals surface area contributed by atoms with Crippen molar-refractivity contribution >= 4 is 32.7 Å². The van der Waals surface area contributed by atoms with Crippen molar-refractivity contribution in [2.24, 2.45) is 0 Å². The number of rotatable bonds is 9. The van der Waals surface area contributed by atoms with E-state index in [9.17, 15) is 8.42 Å². The molecule has 28 heavy (non-hydrogen) atoms. The first-order valence-corrected chi connectivity index (χ1v) is 11.7. The van der Waals surface area contributed by atoms with Crippen LogP contribution in [-0.2, 0) is 16.6 Å². The number of unbranched alkanes of at least 4 members (excludes halogenated alkanes) is 1. The van der Waals surface area contributed by atoms with Gasteiger partial charge in [-0.05, 0) is 42.7 Å². The Labute approximate surface area is 171 Å². The van der Waals surface area contributed by atoms with Crippen LogP contribution < -0.4 is 4.72 Å². The van der Waals surface area contributed by atoms with Crippen LogP contribution in [0.3, 0.4) is 0 Å². The van der Waals surface area contributed by atoms with Crippen LogP contribution in [-0.4, -0.2) is 23.7 Å². The zero-order chi connectivity index (χ0) is 20.1. The third kappa shape index (κ3) is 4.93. The Hall–Kier alpha value is -1.89. The molecule has 0 radical (unpaired) electrons. The monoisotopic (exact) mass is 419 g/mol. The average Bonchev–Trinajstić information content (AvgIpc) is 3.05. The van der Waals surface area contributed by atoms with E-state index in [1.165, 1.54) is 0 Å². The number of nitrogens with zero attached hydrogens (tertiary/aromatic N) is 2. The van der Waals surface area contributed by atoms with Crippen LogP contribution in [0, 0.1) is 0 Å². The molecule has 1 atom stereocenters. The fourth-order valence-electron chi connectivity index (χ4n) is 3.23. The second-order valence-electron chi connectivity index (χ2n) is 6.92. The van der Waals surface area contributed by atoms with Crippen molar-refractivity contribution in [2.45, 2.75) is 45.7 Å². The van der Waals surface area contributed by atoms with Crippen LogP contribution in [0.25, 0.3) is 11.0 Å². The SMILES string of the molecule is CCCCS(=O)(=O)NC(CC)c1nc2ccccc2n1Cc1ccc(Cl)cc1. The molecular weight excluding hydrogens is 394 g/mol. The van der Waals surface area contributed by atoms with E-state index in [0.29, 0.717) is 24.4 Å². The van der Waals surface area contributed by atoms with Crippen molar-refractivity contribution in [2.75, 3.05) is 5.75 Å². The van der Waals surface area contributed by atoms with Crippen LogP contribution in [0.2, 0.25) is 5.02 Å². The zero-order valence-corrected chi connectivity index (χ0v) is 17.8. The Morgan fingerprint density at radius 2 is 1.82 bits per heavy atom. The Balaban J connectivity index is 2.00. The molecular formula is C21H26ClN3O2S. The molecule has 1 N–H and O–H groups in total. The molecule has 0 saturated carbocycles. The summed E-state index contributed by atoms with van der Waals surface area (Å²) in [7, 11) is -3.36. The first-order chi connectivity index (χ1) is 13.4. The van der Waals surface area contributed by atoms with Gasteiger partial charge in [-0.1, -0.05) is 56.1 Å². The van der Waals surface area contributed by atoms with Gasteiger partial charge in [0.1, 0.15) is 5.82 Å². The van der Waals surface area contributed by atoms with Crippen molar-refractivity contribution in [1.82, 2.24) is 14.3 Å². The van der Waals surface area contributed by atoms with Gasteiger partial charge < -0.3 is 4.57 Å². The predicted octanol–water partition coefficient (Wildman–Crippen LogP) is 4.91. The Bertz CT molecular complexity index is 1030. The molecule has 0 amide bonds. The third-order valence-corrected chi connectivity index (χ3v) is 6.47. The lowest BCUT2D eigenvalue weighted by Crippen LogP contribution is -2.32. The molecule has 5 nitrogen and oxygen atoms in total. The minimum Gasteiger partial charge on any atom is -0.322 e. The summed E-state index contributed by atoms with van der Waals surface area (Å²) in [5.41, 5.74) is 2.92. The molecule has 0 aliphatic heterocycles. The molecule has 0 spiro atoms. The number of hydrogen-bond donors (Lipinski definition) is 1. The van der Waals surface area contributed by atoms with Gasteiger partial charge >= 0.3 is 0 Å². The summed E-state index contributed by atoms with van der Waals surface area (Å²) >= 11 is 6.01. The van der Waals surface area contributed by atoms with Crippen molar-refractivity contribution in [3.05, 3.63) is 64.9 Å². The van der Waals surface area contributed by atoms with E-state index < -0.39 is 10.0 Å². The lowest BCUT2D eigenvalue weighted by molar-refractivity contribution is 0.522. The van der Waals surface area contributed by atoms with Crippen molar-refractivity contribution < 1.29 is 8.42 Å². The number of nitrogens with one attached hydrogen (secondary N) is 1. The standard InChI is InChI=1S/C21H26ClN3O2S/c1-3-5-14-28(26,27)24-18(4-2)21-23-19-8-6-7-9-20(19)25(21)15-16-10-12-17(22)13-11-16/h6-13,18,24H,3-5,14-15H2,1-2H3. The van der Waals surface area contributed by atoms with E-state index in [0.717, 1.165) is 28.8 Å². The molecule has 1 unspecified atom stereocenters. The van der Waals surface area contributed by atoms with Gasteiger partial charge in [0.15, 0.2) is 0 Å². The predicted molar refractivity (Wildman–Crippen MR) is 115 cm³/mol. The normalized spacial score (nSPS) is 13.1. The highest BCUT2D eigenvalue weighted by atomic mass is 35.5. The van der Waals surface area contributed by atoms with Crippen LogP contribution in [0.5, 0.6) is 0 Å². The van der Waals surface area contributed by atoms with Gasteiger partial charge in [0, 0.05) is 11.6 Å². The summed E-state index contributed by atoms with van der Waals surface area (Å²) in [6, 6.07) is 15.2. The highest BCUT2D eigenvalue weighted by Crippen LogP contribution is 2.25. The molecule has 3 aromatic rings. The van der Waals surface area contributed by atoms with Gasteiger partial charge in [-0.25, -0.2) is 18.1 Å². The van der Waals surface area contributed by atoms with Gasteiger partial charge in [-0.15, -0.1) is 0 Å². The smallest absolute Gasteiger partial charge is 0.212 e. The number of hydrogen-bond acceptors (Lipinski definition) is 3. The highest BCUT2D eigenvalue weighted by molar-refractivity contribution is 7.89. The lowest BCUT2D eigenvalue weighted by Gasteiger charge is -2.19. The van der Waals surface area contributed by atoms with Crippen molar-refractivity contribution in [1.29, 1.82) is 0 Å². The first-order valence-electron chi connectivity index (χ1n) is 9.63. The lowest BCUT2D eigenvalue weighted by atomic mass is 10.2. The second kappa shape index (κ2) is 9.07. The second-order valence-corrected chi connectivity index (χ2v) is 9.23. The van der Waals surface area contributed by atoms with Gasteiger partial charge in [0.25, 0.3) is 0 Å². The van der Waals surface area contributed by atoms with Crippen LogP contribution in [0.15, 0.2) is 48.5 Å². The van der Waals surface area contributed by atoms with E-state index in [1.807, 2.05) is 62.4 Å². The van der Waals surface area contributed by atoms with Gasteiger partial charge in [-0.2, -0.15) is 0 Å². The van der Waals surface area contributed by atoms with E-state index in [2.05, 4.69) is 9.29 Å². The summed E-state index contributed by atoms with van der Waals surface area (Å²) in [4.78, 5) is 4.77. The molecule has 0 aliphatic rings. The van der Waals surface area contributed by atoms with Gasteiger partial charge in [0.2, 0.25) is 10.0 Å². The molecule has 7 heteroatoms. The topological polar surface area (TPSA) is 64.0 Å². The van der Waals surface area contributed by atoms with Crippen molar-refractivity contribution in [3.63, 3.8) is 0 Å². The first kappa shape index (κ1) is 20.8. The summed E-state index contributed by atoms with van der Waals surface area (Å²) in [5.74, 6) is 0.871. The molecule has 2 aromatic carbocycles. The van der Waals surface area contributed by atoms with Crippen LogP contribution >= 0.6 is 11.6 Å². The number of halogens is 1. The van der Waals surface area contributed by atoms with E-state index in [4.69, 9.17) is 16.6 Å².